The molecule has 1 heterocycles. The van der Waals surface area contributed by atoms with Crippen molar-refractivity contribution in [3.05, 3.63) is 53.8 Å². The topological polar surface area (TPSA) is 99.2 Å². The van der Waals surface area contributed by atoms with E-state index in [2.05, 4.69) is 16.7 Å². The van der Waals surface area contributed by atoms with E-state index >= 15 is 0 Å². The van der Waals surface area contributed by atoms with E-state index in [-0.39, 0.29) is 40.7 Å². The van der Waals surface area contributed by atoms with Gasteiger partial charge in [-0.2, -0.15) is 0 Å². The number of anilines is 1. The quantitative estimate of drug-likeness (QED) is 0.528. The van der Waals surface area contributed by atoms with Gasteiger partial charge in [0, 0.05) is 31.2 Å². The van der Waals surface area contributed by atoms with Gasteiger partial charge in [-0.25, -0.2) is 12.8 Å². The third kappa shape index (κ3) is 6.16. The van der Waals surface area contributed by atoms with Gasteiger partial charge in [0.1, 0.15) is 17.7 Å². The lowest BCUT2D eigenvalue weighted by molar-refractivity contribution is 0.0344. The van der Waals surface area contributed by atoms with Crippen LogP contribution >= 0.6 is 0 Å². The Kier molecular flexibility index (Phi) is 7.87. The average molecular weight is 520 g/mol. The molecule has 0 saturated heterocycles. The number of rotatable bonds is 9. The first-order valence-corrected chi connectivity index (χ1v) is 13.7. The highest BCUT2D eigenvalue weighted by Crippen LogP contribution is 2.33. The van der Waals surface area contributed by atoms with Gasteiger partial charge in [-0.05, 0) is 75.2 Å². The largest absolute Gasteiger partial charge is 0.488 e. The van der Waals surface area contributed by atoms with E-state index in [1.807, 2.05) is 6.92 Å². The minimum Gasteiger partial charge on any atom is -0.488 e. The second-order valence-electron chi connectivity index (χ2n) is 10.1. The van der Waals surface area contributed by atoms with Crippen molar-refractivity contribution in [3.63, 3.8) is 0 Å². The lowest BCUT2D eigenvalue weighted by atomic mass is 9.99. The standard InChI is InChI=1S/C26H34FN3O5S/c1-17-13-30(18(2)16-31)26(32)23-12-21(28-36(33,34)22-9-6-20(27)7-10-22)8-11-24(23)35-25(17)15-29(3)14-19-4-5-19/h6-12,17-19,25,28,31H,4-5,13-16H2,1-3H3/t17-,18-,25-/m1/s1. The number of hydrogen-bond donors (Lipinski definition) is 2. The molecule has 1 aliphatic carbocycles. The van der Waals surface area contributed by atoms with E-state index in [9.17, 15) is 22.7 Å². The SMILES string of the molecule is C[C@@H]1CN([C@H](C)CO)C(=O)c2cc(NS(=O)(=O)c3ccc(F)cc3)ccc2O[C@@H]1CN(C)CC1CC1. The van der Waals surface area contributed by atoms with Crippen LogP contribution in [-0.2, 0) is 10.0 Å². The van der Waals surface area contributed by atoms with Crippen molar-refractivity contribution in [3.8, 4) is 5.75 Å². The Morgan fingerprint density at radius 3 is 2.53 bits per heavy atom. The van der Waals surface area contributed by atoms with Crippen LogP contribution in [0.1, 0.15) is 37.0 Å². The molecular weight excluding hydrogens is 485 g/mol. The fraction of sp³-hybridized carbons (Fsp3) is 0.500. The summed E-state index contributed by atoms with van der Waals surface area (Å²) in [5, 5.41) is 9.82. The highest BCUT2D eigenvalue weighted by molar-refractivity contribution is 7.92. The number of nitrogens with zero attached hydrogens (tertiary/aromatic N) is 2. The Balaban J connectivity index is 1.64. The molecule has 10 heteroatoms. The number of amides is 1. The summed E-state index contributed by atoms with van der Waals surface area (Å²) in [5.41, 5.74) is 0.402. The van der Waals surface area contributed by atoms with Gasteiger partial charge in [-0.1, -0.05) is 6.92 Å². The summed E-state index contributed by atoms with van der Waals surface area (Å²) < 4.78 is 47.7. The van der Waals surface area contributed by atoms with Crippen LogP contribution in [0.5, 0.6) is 5.75 Å². The maximum atomic E-state index is 13.5. The number of nitrogens with one attached hydrogen (secondary N) is 1. The first-order valence-electron chi connectivity index (χ1n) is 12.3. The van der Waals surface area contributed by atoms with Crippen molar-refractivity contribution in [1.82, 2.24) is 9.80 Å². The van der Waals surface area contributed by atoms with Crippen LogP contribution in [0, 0.1) is 17.7 Å². The third-order valence-corrected chi connectivity index (χ3v) is 8.20. The van der Waals surface area contributed by atoms with Gasteiger partial charge in [-0.3, -0.25) is 9.52 Å². The first kappa shape index (κ1) is 26.4. The van der Waals surface area contributed by atoms with Crippen molar-refractivity contribution in [2.75, 3.05) is 38.0 Å². The van der Waals surface area contributed by atoms with Gasteiger partial charge in [0.25, 0.3) is 15.9 Å². The second-order valence-corrected chi connectivity index (χ2v) is 11.7. The molecule has 4 rings (SSSR count). The molecule has 8 nitrogen and oxygen atoms in total. The molecule has 0 spiro atoms. The Bertz CT molecular complexity index is 1190. The van der Waals surface area contributed by atoms with Gasteiger partial charge in [-0.15, -0.1) is 0 Å². The van der Waals surface area contributed by atoms with E-state index in [4.69, 9.17) is 4.74 Å². The van der Waals surface area contributed by atoms with Crippen LogP contribution in [0.25, 0.3) is 0 Å². The molecule has 196 valence electrons. The molecule has 0 unspecified atom stereocenters. The van der Waals surface area contributed by atoms with Crippen LogP contribution in [0.3, 0.4) is 0 Å². The highest BCUT2D eigenvalue weighted by Gasteiger charge is 2.34. The predicted octanol–water partition coefficient (Wildman–Crippen LogP) is 3.19. The van der Waals surface area contributed by atoms with E-state index < -0.39 is 21.9 Å². The van der Waals surface area contributed by atoms with E-state index in [0.29, 0.717) is 18.8 Å². The van der Waals surface area contributed by atoms with Gasteiger partial charge < -0.3 is 19.6 Å². The number of aliphatic hydroxyl groups is 1. The zero-order valence-electron chi connectivity index (χ0n) is 20.9. The summed E-state index contributed by atoms with van der Waals surface area (Å²) in [4.78, 5) is 17.3. The van der Waals surface area contributed by atoms with Crippen molar-refractivity contribution in [2.24, 2.45) is 11.8 Å². The number of benzene rings is 2. The van der Waals surface area contributed by atoms with E-state index in [1.54, 1.807) is 24.0 Å². The molecule has 1 amide bonds. The van der Waals surface area contributed by atoms with Crippen molar-refractivity contribution >= 4 is 21.6 Å². The van der Waals surface area contributed by atoms with Crippen molar-refractivity contribution in [1.29, 1.82) is 0 Å². The Morgan fingerprint density at radius 2 is 1.89 bits per heavy atom. The lowest BCUT2D eigenvalue weighted by Gasteiger charge is -2.38. The summed E-state index contributed by atoms with van der Waals surface area (Å²) >= 11 is 0. The smallest absolute Gasteiger partial charge is 0.261 e. The molecule has 0 aromatic heterocycles. The number of fused-ring (bicyclic) bond motifs is 1. The number of sulfonamides is 1. The molecule has 2 aliphatic rings. The number of halogens is 1. The van der Waals surface area contributed by atoms with E-state index in [1.165, 1.54) is 31.0 Å². The number of aliphatic hydroxyl groups excluding tert-OH is 1. The van der Waals surface area contributed by atoms with Crippen LogP contribution in [0.4, 0.5) is 10.1 Å². The molecule has 3 atom stereocenters. The fourth-order valence-electron chi connectivity index (χ4n) is 4.45. The van der Waals surface area contributed by atoms with Crippen LogP contribution in [-0.4, -0.2) is 74.7 Å². The van der Waals surface area contributed by atoms with Crippen LogP contribution < -0.4 is 9.46 Å². The monoisotopic (exact) mass is 519 g/mol. The third-order valence-electron chi connectivity index (χ3n) is 6.80. The molecule has 36 heavy (non-hydrogen) atoms. The molecule has 2 aromatic rings. The minimum atomic E-state index is -4.00. The Morgan fingerprint density at radius 1 is 1.19 bits per heavy atom. The zero-order chi connectivity index (χ0) is 26.0. The Hall–Kier alpha value is -2.69. The number of likely N-dealkylation sites (N-methyl/N-ethyl adjacent to an activating group) is 1. The maximum Gasteiger partial charge on any atom is 0.261 e. The molecule has 0 radical (unpaired) electrons. The van der Waals surface area contributed by atoms with Crippen molar-refractivity contribution in [2.45, 2.75) is 43.7 Å². The molecule has 0 bridgehead atoms. The summed E-state index contributed by atoms with van der Waals surface area (Å²) in [5.74, 6) is 0.231. The van der Waals surface area contributed by atoms with Crippen LogP contribution in [0.2, 0.25) is 0 Å². The molecule has 2 aromatic carbocycles. The number of carbonyl (C=O) groups excluding carboxylic acids is 1. The summed E-state index contributed by atoms with van der Waals surface area (Å²) in [7, 11) is -1.92. The van der Waals surface area contributed by atoms with Crippen molar-refractivity contribution < 1.29 is 27.4 Å². The Labute approximate surface area is 212 Å². The summed E-state index contributed by atoms with van der Waals surface area (Å²) in [6.07, 6.45) is 2.30. The van der Waals surface area contributed by atoms with Crippen LogP contribution in [0.15, 0.2) is 47.4 Å². The summed E-state index contributed by atoms with van der Waals surface area (Å²) in [6.45, 7) is 5.70. The number of hydrogen-bond acceptors (Lipinski definition) is 6. The first-order chi connectivity index (χ1) is 17.1. The lowest BCUT2D eigenvalue weighted by Crippen LogP contribution is -2.50. The fourth-order valence-corrected chi connectivity index (χ4v) is 5.50. The molecule has 1 saturated carbocycles. The maximum absolute atomic E-state index is 13.5. The number of carbonyl (C=O) groups is 1. The van der Waals surface area contributed by atoms with Gasteiger partial charge in [0.05, 0.1) is 23.1 Å². The van der Waals surface area contributed by atoms with Gasteiger partial charge >= 0.3 is 0 Å². The van der Waals surface area contributed by atoms with E-state index in [0.717, 1.165) is 24.6 Å². The second kappa shape index (κ2) is 10.7. The highest BCUT2D eigenvalue weighted by atomic mass is 32.2. The molecular formula is C26H34FN3O5S. The van der Waals surface area contributed by atoms with Gasteiger partial charge in [0.15, 0.2) is 0 Å². The molecule has 1 aliphatic heterocycles. The average Bonchev–Trinajstić information content (AvgIpc) is 3.65. The minimum absolute atomic E-state index is 0.00871. The molecule has 2 N–H and O–H groups in total. The molecule has 1 fully saturated rings. The predicted molar refractivity (Wildman–Crippen MR) is 135 cm³/mol. The normalized spacial score (nSPS) is 21.4. The van der Waals surface area contributed by atoms with Gasteiger partial charge in [0.2, 0.25) is 0 Å². The zero-order valence-corrected chi connectivity index (χ0v) is 21.7. The summed E-state index contributed by atoms with van der Waals surface area (Å²) in [6, 6.07) is 8.67. The number of ether oxygens (including phenoxy) is 1.